The first-order valence-corrected chi connectivity index (χ1v) is 6.15. The van der Waals surface area contributed by atoms with E-state index < -0.39 is 17.7 Å². The molecular formula is C12H22N4O2. The Balaban J connectivity index is 2.41. The van der Waals surface area contributed by atoms with Gasteiger partial charge < -0.3 is 10.6 Å². The molecule has 4 N–H and O–H groups in total. The van der Waals surface area contributed by atoms with Crippen molar-refractivity contribution in [2.24, 2.45) is 17.6 Å². The number of hydrazine groups is 1. The van der Waals surface area contributed by atoms with E-state index in [1.165, 1.54) is 0 Å². The summed E-state index contributed by atoms with van der Waals surface area (Å²) in [6, 6.07) is 0. The van der Waals surface area contributed by atoms with Gasteiger partial charge in [0, 0.05) is 13.1 Å². The molecule has 6 nitrogen and oxygen atoms in total. The number of allylic oxidation sites excluding steroid dienone is 1. The fourth-order valence-corrected chi connectivity index (χ4v) is 1.93. The van der Waals surface area contributed by atoms with Crippen molar-refractivity contribution in [2.75, 3.05) is 27.2 Å². The van der Waals surface area contributed by atoms with Crippen LogP contribution in [0.25, 0.3) is 0 Å². The highest BCUT2D eigenvalue weighted by Gasteiger charge is 2.31. The molecule has 0 radical (unpaired) electrons. The SMILES string of the molecule is CN(C)CCNNC(=O)C1C=CCCC1C(N)=O. The molecule has 2 amide bonds. The Kier molecular flexibility index (Phi) is 5.80. The van der Waals surface area contributed by atoms with Crippen LogP contribution in [0.5, 0.6) is 0 Å². The fourth-order valence-electron chi connectivity index (χ4n) is 1.93. The van der Waals surface area contributed by atoms with Crippen LogP contribution in [0.1, 0.15) is 12.8 Å². The minimum Gasteiger partial charge on any atom is -0.369 e. The van der Waals surface area contributed by atoms with E-state index in [0.29, 0.717) is 13.0 Å². The van der Waals surface area contributed by atoms with E-state index in [0.717, 1.165) is 13.0 Å². The second kappa shape index (κ2) is 7.13. The molecule has 1 rings (SSSR count). The molecule has 1 aliphatic rings. The maximum Gasteiger partial charge on any atom is 0.241 e. The van der Waals surface area contributed by atoms with Gasteiger partial charge in [-0.1, -0.05) is 12.2 Å². The van der Waals surface area contributed by atoms with Crippen molar-refractivity contribution in [2.45, 2.75) is 12.8 Å². The average Bonchev–Trinajstić information content (AvgIpc) is 2.34. The van der Waals surface area contributed by atoms with Crippen molar-refractivity contribution in [1.82, 2.24) is 15.8 Å². The summed E-state index contributed by atoms with van der Waals surface area (Å²) >= 11 is 0. The maximum absolute atomic E-state index is 11.9. The topological polar surface area (TPSA) is 87.5 Å². The zero-order chi connectivity index (χ0) is 13.5. The van der Waals surface area contributed by atoms with Gasteiger partial charge in [0.25, 0.3) is 0 Å². The molecule has 0 aliphatic heterocycles. The van der Waals surface area contributed by atoms with Crippen LogP contribution < -0.4 is 16.6 Å². The van der Waals surface area contributed by atoms with Gasteiger partial charge in [0.1, 0.15) is 0 Å². The molecule has 0 fully saturated rings. The minimum atomic E-state index is -0.455. The molecule has 0 spiro atoms. The van der Waals surface area contributed by atoms with Gasteiger partial charge in [0.05, 0.1) is 11.8 Å². The molecule has 0 aromatic heterocycles. The molecule has 0 heterocycles. The molecular weight excluding hydrogens is 232 g/mol. The van der Waals surface area contributed by atoms with Crippen LogP contribution >= 0.6 is 0 Å². The molecule has 2 unspecified atom stereocenters. The van der Waals surface area contributed by atoms with Gasteiger partial charge in [-0.3, -0.25) is 15.0 Å². The summed E-state index contributed by atoms with van der Waals surface area (Å²) in [7, 11) is 3.91. The summed E-state index contributed by atoms with van der Waals surface area (Å²) in [5.74, 6) is -1.46. The Morgan fingerprint density at radius 1 is 1.44 bits per heavy atom. The first-order valence-electron chi connectivity index (χ1n) is 6.15. The van der Waals surface area contributed by atoms with Gasteiger partial charge in [-0.05, 0) is 26.9 Å². The van der Waals surface area contributed by atoms with E-state index in [-0.39, 0.29) is 5.91 Å². The van der Waals surface area contributed by atoms with Crippen molar-refractivity contribution < 1.29 is 9.59 Å². The van der Waals surface area contributed by atoms with Crippen LogP contribution in [0.3, 0.4) is 0 Å². The molecule has 0 aromatic carbocycles. The van der Waals surface area contributed by atoms with Crippen LogP contribution in [0.4, 0.5) is 0 Å². The molecule has 0 saturated carbocycles. The molecule has 2 atom stereocenters. The predicted octanol–water partition coefficient (Wildman–Crippen LogP) is -0.763. The largest absolute Gasteiger partial charge is 0.369 e. The second-order valence-corrected chi connectivity index (χ2v) is 4.76. The zero-order valence-corrected chi connectivity index (χ0v) is 11.0. The lowest BCUT2D eigenvalue weighted by Gasteiger charge is -2.24. The quantitative estimate of drug-likeness (QED) is 0.330. The van der Waals surface area contributed by atoms with Crippen LogP contribution in [0.15, 0.2) is 12.2 Å². The number of rotatable bonds is 6. The van der Waals surface area contributed by atoms with Gasteiger partial charge in [0.2, 0.25) is 11.8 Å². The van der Waals surface area contributed by atoms with Crippen molar-refractivity contribution in [3.63, 3.8) is 0 Å². The first kappa shape index (κ1) is 14.7. The molecule has 6 heteroatoms. The molecule has 0 aromatic rings. The van der Waals surface area contributed by atoms with Crippen molar-refractivity contribution in [3.05, 3.63) is 12.2 Å². The minimum absolute atomic E-state index is 0.200. The molecule has 1 aliphatic carbocycles. The van der Waals surface area contributed by atoms with E-state index in [1.807, 2.05) is 25.1 Å². The van der Waals surface area contributed by atoms with Crippen molar-refractivity contribution in [3.8, 4) is 0 Å². The number of hydrogen-bond acceptors (Lipinski definition) is 4. The number of hydrogen-bond donors (Lipinski definition) is 3. The number of primary amides is 1. The number of carbonyl (C=O) groups excluding carboxylic acids is 2. The van der Waals surface area contributed by atoms with Gasteiger partial charge in [-0.15, -0.1) is 0 Å². The number of nitrogens with two attached hydrogens (primary N) is 1. The Hall–Kier alpha value is -1.40. The first-order chi connectivity index (χ1) is 8.52. The maximum atomic E-state index is 11.9. The molecule has 102 valence electrons. The lowest BCUT2D eigenvalue weighted by atomic mass is 9.83. The smallest absolute Gasteiger partial charge is 0.241 e. The van der Waals surface area contributed by atoms with E-state index in [4.69, 9.17) is 5.73 Å². The van der Waals surface area contributed by atoms with E-state index >= 15 is 0 Å². The highest BCUT2D eigenvalue weighted by molar-refractivity contribution is 5.88. The highest BCUT2D eigenvalue weighted by Crippen LogP contribution is 2.24. The summed E-state index contributed by atoms with van der Waals surface area (Å²) in [6.45, 7) is 1.47. The van der Waals surface area contributed by atoms with Gasteiger partial charge in [-0.2, -0.15) is 0 Å². The number of nitrogens with zero attached hydrogens (tertiary/aromatic N) is 1. The lowest BCUT2D eigenvalue weighted by molar-refractivity contribution is -0.132. The third-order valence-electron chi connectivity index (χ3n) is 2.99. The fraction of sp³-hybridized carbons (Fsp3) is 0.667. The Morgan fingerprint density at radius 2 is 2.17 bits per heavy atom. The average molecular weight is 254 g/mol. The summed E-state index contributed by atoms with van der Waals surface area (Å²) < 4.78 is 0. The molecule has 0 saturated heterocycles. The summed E-state index contributed by atoms with van der Waals surface area (Å²) in [6.07, 6.45) is 5.12. The summed E-state index contributed by atoms with van der Waals surface area (Å²) in [4.78, 5) is 25.2. The lowest BCUT2D eigenvalue weighted by Crippen LogP contribution is -2.47. The second-order valence-electron chi connectivity index (χ2n) is 4.76. The van der Waals surface area contributed by atoms with Crippen LogP contribution in [0, 0.1) is 11.8 Å². The predicted molar refractivity (Wildman–Crippen MR) is 69.2 cm³/mol. The third kappa shape index (κ3) is 4.46. The van der Waals surface area contributed by atoms with Crippen LogP contribution in [0.2, 0.25) is 0 Å². The zero-order valence-electron chi connectivity index (χ0n) is 11.0. The van der Waals surface area contributed by atoms with Gasteiger partial charge >= 0.3 is 0 Å². The van der Waals surface area contributed by atoms with Crippen LogP contribution in [-0.2, 0) is 9.59 Å². The van der Waals surface area contributed by atoms with E-state index in [2.05, 4.69) is 10.9 Å². The van der Waals surface area contributed by atoms with Crippen LogP contribution in [-0.4, -0.2) is 43.9 Å². The van der Waals surface area contributed by atoms with Crippen molar-refractivity contribution >= 4 is 11.8 Å². The van der Waals surface area contributed by atoms with Gasteiger partial charge in [0.15, 0.2) is 0 Å². The standard InChI is InChI=1S/C12H22N4O2/c1-16(2)8-7-14-15-12(18)10-6-4-3-5-9(10)11(13)17/h4,6,9-10,14H,3,5,7-8H2,1-2H3,(H2,13,17)(H,15,18). The Morgan fingerprint density at radius 3 is 2.78 bits per heavy atom. The highest BCUT2D eigenvalue weighted by atomic mass is 16.2. The normalized spacial score (nSPS) is 23.1. The Labute approximate surface area is 108 Å². The Bertz CT molecular complexity index is 328. The number of carbonyl (C=O) groups is 2. The van der Waals surface area contributed by atoms with Gasteiger partial charge in [-0.25, -0.2) is 5.43 Å². The monoisotopic (exact) mass is 254 g/mol. The molecule has 18 heavy (non-hydrogen) atoms. The van der Waals surface area contributed by atoms with E-state index in [9.17, 15) is 9.59 Å². The number of likely N-dealkylation sites (N-methyl/N-ethyl adjacent to an activating group) is 1. The third-order valence-corrected chi connectivity index (χ3v) is 2.99. The number of amides is 2. The summed E-state index contributed by atoms with van der Waals surface area (Å²) in [5, 5.41) is 0. The molecule has 0 bridgehead atoms. The number of nitrogens with one attached hydrogen (secondary N) is 2. The summed E-state index contributed by atoms with van der Waals surface area (Å²) in [5.41, 5.74) is 10.8. The van der Waals surface area contributed by atoms with E-state index in [1.54, 1.807) is 6.08 Å². The van der Waals surface area contributed by atoms with Crippen molar-refractivity contribution in [1.29, 1.82) is 0 Å².